The van der Waals surface area contributed by atoms with Gasteiger partial charge in [-0.3, -0.25) is 0 Å². The maximum Gasteiger partial charge on any atom is 0.416 e. The molecule has 7 rings (SSSR count). The molecule has 3 fully saturated rings. The lowest BCUT2D eigenvalue weighted by Crippen LogP contribution is -2.36. The Bertz CT molecular complexity index is 1550. The molecular weight excluding hydrogens is 634 g/mol. The van der Waals surface area contributed by atoms with Crippen LogP contribution in [-0.2, 0) is 36.6 Å². The fraction of sp³-hybridized carbons (Fsp3) is 0.571. The Kier molecular flexibility index (Phi) is 8.93. The van der Waals surface area contributed by atoms with E-state index in [2.05, 4.69) is 32.8 Å². The molecule has 1 aromatic carbocycles. The number of alkyl halides is 6. The third-order valence-corrected chi connectivity index (χ3v) is 9.82. The summed E-state index contributed by atoms with van der Waals surface area (Å²) in [5.74, 6) is 2.59. The fourth-order valence-electron chi connectivity index (χ4n) is 6.80. The molecule has 2 saturated carbocycles. The Hall–Kier alpha value is -3.61. The normalized spacial score (nSPS) is 19.8. The summed E-state index contributed by atoms with van der Waals surface area (Å²) in [5, 5.41) is 0. The molecule has 1 unspecified atom stereocenters. The van der Waals surface area contributed by atoms with Crippen LogP contribution in [0.4, 0.5) is 43.8 Å². The molecular formula is C35H40F6N6O. The molecule has 0 spiro atoms. The number of morpholine rings is 1. The summed E-state index contributed by atoms with van der Waals surface area (Å²) >= 11 is 0. The van der Waals surface area contributed by atoms with Crippen LogP contribution in [-0.4, -0.2) is 54.3 Å². The number of anilines is 3. The van der Waals surface area contributed by atoms with E-state index in [4.69, 9.17) is 9.72 Å². The van der Waals surface area contributed by atoms with E-state index in [0.717, 1.165) is 66.4 Å². The minimum absolute atomic E-state index is 0.130. The second-order valence-electron chi connectivity index (χ2n) is 13.9. The van der Waals surface area contributed by atoms with Gasteiger partial charge in [-0.05, 0) is 91.7 Å². The maximum atomic E-state index is 13.9. The van der Waals surface area contributed by atoms with Crippen LogP contribution in [0.2, 0.25) is 0 Å². The first kappa shape index (κ1) is 32.9. The van der Waals surface area contributed by atoms with Crippen molar-refractivity contribution in [3.05, 3.63) is 70.2 Å². The number of rotatable bonds is 11. The number of pyridine rings is 1. The highest BCUT2D eigenvalue weighted by atomic mass is 19.4. The van der Waals surface area contributed by atoms with Crippen molar-refractivity contribution in [2.45, 2.75) is 76.8 Å². The molecule has 1 saturated heterocycles. The average molecular weight is 675 g/mol. The summed E-state index contributed by atoms with van der Waals surface area (Å²) in [6.45, 7) is 6.32. The third kappa shape index (κ3) is 7.66. The first-order chi connectivity index (χ1) is 22.9. The number of halogens is 6. The van der Waals surface area contributed by atoms with Crippen LogP contribution in [0.25, 0.3) is 0 Å². The third-order valence-electron chi connectivity index (χ3n) is 9.82. The van der Waals surface area contributed by atoms with Crippen LogP contribution in [0.1, 0.15) is 78.5 Å². The van der Waals surface area contributed by atoms with Crippen molar-refractivity contribution in [2.24, 2.45) is 11.8 Å². The molecule has 3 aliphatic carbocycles. The summed E-state index contributed by atoms with van der Waals surface area (Å²) in [4.78, 5) is 20.6. The highest BCUT2D eigenvalue weighted by Gasteiger charge is 2.38. The van der Waals surface area contributed by atoms with Gasteiger partial charge in [-0.2, -0.15) is 26.3 Å². The molecule has 3 aromatic rings. The van der Waals surface area contributed by atoms with Crippen molar-refractivity contribution in [3.8, 4) is 0 Å². The summed E-state index contributed by atoms with van der Waals surface area (Å²) in [6.07, 6.45) is -0.0440. The lowest BCUT2D eigenvalue weighted by molar-refractivity contribution is -0.143. The predicted octanol–water partition coefficient (Wildman–Crippen LogP) is 7.63. The fourth-order valence-corrected chi connectivity index (χ4v) is 6.80. The van der Waals surface area contributed by atoms with Gasteiger partial charge >= 0.3 is 12.4 Å². The number of benzene rings is 1. The quantitative estimate of drug-likeness (QED) is 0.194. The van der Waals surface area contributed by atoms with Gasteiger partial charge in [0.25, 0.3) is 0 Å². The van der Waals surface area contributed by atoms with Crippen LogP contribution >= 0.6 is 0 Å². The van der Waals surface area contributed by atoms with Gasteiger partial charge in [-0.25, -0.2) is 15.0 Å². The van der Waals surface area contributed by atoms with Crippen molar-refractivity contribution in [3.63, 3.8) is 0 Å². The smallest absolute Gasteiger partial charge is 0.378 e. The number of aromatic nitrogens is 3. The molecule has 1 aliphatic heterocycles. The Balaban J connectivity index is 1.28. The largest absolute Gasteiger partial charge is 0.416 e. The van der Waals surface area contributed by atoms with E-state index < -0.39 is 23.5 Å². The molecule has 0 radical (unpaired) electrons. The van der Waals surface area contributed by atoms with Crippen molar-refractivity contribution in [1.82, 2.24) is 15.0 Å². The molecule has 0 amide bonds. The number of aryl methyl sites for hydroxylation is 1. The minimum atomic E-state index is -4.95. The monoisotopic (exact) mass is 674 g/mol. The second kappa shape index (κ2) is 13.0. The van der Waals surface area contributed by atoms with Crippen molar-refractivity contribution < 1.29 is 31.1 Å². The molecule has 0 bridgehead atoms. The maximum absolute atomic E-state index is 13.9. The molecule has 1 atom stereocenters. The first-order valence-corrected chi connectivity index (χ1v) is 16.9. The van der Waals surface area contributed by atoms with E-state index in [1.165, 1.54) is 25.7 Å². The zero-order valence-corrected chi connectivity index (χ0v) is 27.0. The van der Waals surface area contributed by atoms with Gasteiger partial charge in [0.05, 0.1) is 42.4 Å². The molecule has 2 aromatic heterocycles. The van der Waals surface area contributed by atoms with Crippen LogP contribution in [0, 0.1) is 11.8 Å². The molecule has 3 heterocycles. The zero-order chi connectivity index (χ0) is 33.6. The molecule has 258 valence electrons. The Morgan fingerprint density at radius 3 is 1.96 bits per heavy atom. The van der Waals surface area contributed by atoms with Gasteiger partial charge < -0.3 is 19.4 Å². The van der Waals surface area contributed by atoms with E-state index in [1.807, 2.05) is 0 Å². The standard InChI is InChI=1S/C35H40F6N6O/c1-22-2-7-26-14-27(32(44-31(22)26)46(18-23-3-4-23)19-24-5-6-24)21-47(33-42-16-30(17-43-33)45-8-10-48-11-9-45)20-25-12-28(34(36,37)38)15-29(13-25)35(39,40)41/h12-17,22-24H,2-11,18-21H2,1H3. The van der Waals surface area contributed by atoms with E-state index in [1.54, 1.807) is 17.3 Å². The van der Waals surface area contributed by atoms with Gasteiger partial charge in [-0.15, -0.1) is 0 Å². The summed E-state index contributed by atoms with van der Waals surface area (Å²) in [5.41, 5.74) is 1.06. The van der Waals surface area contributed by atoms with E-state index in [-0.39, 0.29) is 30.7 Å². The summed E-state index contributed by atoms with van der Waals surface area (Å²) in [7, 11) is 0. The lowest BCUT2D eigenvalue weighted by Gasteiger charge is -2.31. The van der Waals surface area contributed by atoms with E-state index in [9.17, 15) is 26.3 Å². The minimum Gasteiger partial charge on any atom is -0.378 e. The highest BCUT2D eigenvalue weighted by Crippen LogP contribution is 2.41. The number of hydrogen-bond donors (Lipinski definition) is 0. The van der Waals surface area contributed by atoms with Crippen molar-refractivity contribution in [2.75, 3.05) is 54.1 Å². The number of hydrogen-bond acceptors (Lipinski definition) is 7. The molecule has 7 nitrogen and oxygen atoms in total. The Morgan fingerprint density at radius 2 is 1.40 bits per heavy atom. The SMILES string of the molecule is CC1CCc2cc(CN(Cc3cc(C(F)(F)F)cc(C(F)(F)F)c3)c3ncc(N4CCOCC4)cn3)c(N(CC3CC3)CC3CC3)nc21. The first-order valence-electron chi connectivity index (χ1n) is 16.9. The van der Waals surface area contributed by atoms with Gasteiger partial charge in [0.1, 0.15) is 5.82 Å². The van der Waals surface area contributed by atoms with Gasteiger partial charge in [-0.1, -0.05) is 6.92 Å². The molecule has 48 heavy (non-hydrogen) atoms. The van der Waals surface area contributed by atoms with Gasteiger partial charge in [0.15, 0.2) is 0 Å². The van der Waals surface area contributed by atoms with Gasteiger partial charge in [0.2, 0.25) is 5.95 Å². The Labute approximate surface area is 276 Å². The highest BCUT2D eigenvalue weighted by molar-refractivity contribution is 5.55. The topological polar surface area (TPSA) is 57.6 Å². The molecule has 4 aliphatic rings. The lowest BCUT2D eigenvalue weighted by atomic mass is 10.0. The van der Waals surface area contributed by atoms with Crippen LogP contribution in [0.3, 0.4) is 0 Å². The van der Waals surface area contributed by atoms with Crippen LogP contribution < -0.4 is 14.7 Å². The molecule has 0 N–H and O–H groups in total. The Morgan fingerprint density at radius 1 is 0.792 bits per heavy atom. The van der Waals surface area contributed by atoms with Gasteiger partial charge in [0, 0.05) is 50.5 Å². The van der Waals surface area contributed by atoms with Crippen molar-refractivity contribution >= 4 is 17.5 Å². The number of ether oxygens (including phenoxy) is 1. The zero-order valence-electron chi connectivity index (χ0n) is 27.0. The number of nitrogens with zero attached hydrogens (tertiary/aromatic N) is 6. The van der Waals surface area contributed by atoms with Crippen LogP contribution in [0.15, 0.2) is 36.7 Å². The molecule has 13 heteroatoms. The average Bonchev–Trinajstić information content (AvgIpc) is 4.00. The van der Waals surface area contributed by atoms with E-state index in [0.29, 0.717) is 44.1 Å². The van der Waals surface area contributed by atoms with Crippen molar-refractivity contribution in [1.29, 1.82) is 0 Å². The van der Waals surface area contributed by atoms with E-state index >= 15 is 0 Å². The second-order valence-corrected chi connectivity index (χ2v) is 13.9. The predicted molar refractivity (Wildman–Crippen MR) is 170 cm³/mol. The summed E-state index contributed by atoms with van der Waals surface area (Å²) in [6, 6.07) is 3.90. The summed E-state index contributed by atoms with van der Waals surface area (Å²) < 4.78 is 88.5. The van der Waals surface area contributed by atoms with Crippen LogP contribution in [0.5, 0.6) is 0 Å². The number of fused-ring (bicyclic) bond motifs is 1.